The van der Waals surface area contributed by atoms with E-state index in [4.69, 9.17) is 17.0 Å². The van der Waals surface area contributed by atoms with Crippen LogP contribution in [0.15, 0.2) is 29.8 Å². The van der Waals surface area contributed by atoms with Gasteiger partial charge in [-0.1, -0.05) is 12.1 Å². The molecule has 0 bridgehead atoms. The fraction of sp³-hybridized carbons (Fsp3) is 0.143. The molecule has 2 N–H and O–H groups in total. The smallest absolute Gasteiger partial charge is 0.263 e. The van der Waals surface area contributed by atoms with Gasteiger partial charge in [0.05, 0.1) is 5.97 Å². The van der Waals surface area contributed by atoms with Gasteiger partial charge in [0.2, 0.25) is 0 Å². The van der Waals surface area contributed by atoms with Gasteiger partial charge in [-0.3, -0.25) is 20.2 Å². The highest BCUT2D eigenvalue weighted by molar-refractivity contribution is 7.80. The molecule has 1 fully saturated rings. The Hall–Kier alpha value is -2.74. The third-order valence-corrected chi connectivity index (χ3v) is 2.98. The van der Waals surface area contributed by atoms with Gasteiger partial charge in [-0.25, -0.2) is 0 Å². The molecule has 1 aliphatic heterocycles. The Bertz CT molecular complexity index is 659. The molecule has 0 unspecified atom stereocenters. The van der Waals surface area contributed by atoms with Crippen LogP contribution in [-0.4, -0.2) is 29.0 Å². The van der Waals surface area contributed by atoms with Gasteiger partial charge in [-0.15, -0.1) is 0 Å². The van der Waals surface area contributed by atoms with Crippen molar-refractivity contribution in [1.29, 1.82) is 0 Å². The first kappa shape index (κ1) is 15.6. The molecule has 0 saturated carbocycles. The van der Waals surface area contributed by atoms with Crippen LogP contribution in [0, 0.1) is 0 Å². The van der Waals surface area contributed by atoms with Crippen LogP contribution in [0.2, 0.25) is 0 Å². The van der Waals surface area contributed by atoms with E-state index in [-0.39, 0.29) is 10.7 Å². The Kier molecular flexibility index (Phi) is 4.52. The van der Waals surface area contributed by atoms with Gasteiger partial charge in [-0.05, 0) is 42.9 Å². The zero-order valence-electron chi connectivity index (χ0n) is 11.4. The predicted molar refractivity (Wildman–Crippen MR) is 78.4 cm³/mol. The normalized spacial score (nSPS) is 15.7. The van der Waals surface area contributed by atoms with Crippen molar-refractivity contribution >= 4 is 41.2 Å². The van der Waals surface area contributed by atoms with Crippen LogP contribution in [0.4, 0.5) is 0 Å². The van der Waals surface area contributed by atoms with E-state index in [2.05, 4.69) is 10.6 Å². The first-order chi connectivity index (χ1) is 10.4. The maximum absolute atomic E-state index is 11.7. The van der Waals surface area contributed by atoms with Gasteiger partial charge in [-0.2, -0.15) is 0 Å². The largest absolute Gasteiger partial charge is 0.546 e. The predicted octanol–water partition coefficient (Wildman–Crippen LogP) is -0.882. The number of rotatable bonds is 4. The zero-order chi connectivity index (χ0) is 16.3. The van der Waals surface area contributed by atoms with E-state index in [9.17, 15) is 19.5 Å². The van der Waals surface area contributed by atoms with E-state index in [1.54, 1.807) is 12.1 Å². The number of nitrogens with one attached hydrogen (secondary N) is 2. The van der Waals surface area contributed by atoms with Gasteiger partial charge in [0.25, 0.3) is 11.8 Å². The highest BCUT2D eigenvalue weighted by Crippen LogP contribution is 2.16. The van der Waals surface area contributed by atoms with Crippen molar-refractivity contribution in [3.05, 3.63) is 35.4 Å². The van der Waals surface area contributed by atoms with Crippen LogP contribution in [-0.2, 0) is 14.4 Å². The van der Waals surface area contributed by atoms with Gasteiger partial charge in [0.15, 0.2) is 5.11 Å². The lowest BCUT2D eigenvalue weighted by Crippen LogP contribution is -2.51. The number of hydrogen-bond donors (Lipinski definition) is 2. The monoisotopic (exact) mass is 319 g/mol. The molecule has 0 aromatic heterocycles. The lowest BCUT2D eigenvalue weighted by molar-refractivity contribution is -0.312. The van der Waals surface area contributed by atoms with Crippen molar-refractivity contribution in [3.63, 3.8) is 0 Å². The third-order valence-electron chi connectivity index (χ3n) is 2.78. The Labute approximate surface area is 131 Å². The molecule has 1 aromatic carbocycles. The summed E-state index contributed by atoms with van der Waals surface area (Å²) in [6, 6.07) is 6.21. The summed E-state index contributed by atoms with van der Waals surface area (Å²) in [5.41, 5.74) is 0.493. The number of carbonyl (C=O) groups is 3. The number of carboxylic acid groups (broad SMARTS) is 1. The summed E-state index contributed by atoms with van der Waals surface area (Å²) >= 11 is 4.69. The average Bonchev–Trinajstić information content (AvgIpc) is 2.44. The van der Waals surface area contributed by atoms with Crippen molar-refractivity contribution in [2.75, 3.05) is 0 Å². The second kappa shape index (κ2) is 6.35. The molecule has 22 heavy (non-hydrogen) atoms. The van der Waals surface area contributed by atoms with Crippen molar-refractivity contribution in [2.24, 2.45) is 0 Å². The number of carboxylic acids is 1. The second-order valence-electron chi connectivity index (χ2n) is 4.44. The minimum atomic E-state index is -1.32. The van der Waals surface area contributed by atoms with Gasteiger partial charge in [0, 0.05) is 0 Å². The fourth-order valence-electron chi connectivity index (χ4n) is 1.67. The van der Waals surface area contributed by atoms with Crippen LogP contribution < -0.4 is 20.5 Å². The fourth-order valence-corrected chi connectivity index (χ4v) is 1.85. The van der Waals surface area contributed by atoms with E-state index in [0.29, 0.717) is 11.3 Å². The molecule has 0 aliphatic carbocycles. The van der Waals surface area contributed by atoms with Crippen molar-refractivity contribution < 1.29 is 24.2 Å². The maximum Gasteiger partial charge on any atom is 0.263 e. The van der Waals surface area contributed by atoms with Crippen LogP contribution >= 0.6 is 12.2 Å². The van der Waals surface area contributed by atoms with Crippen molar-refractivity contribution in [1.82, 2.24) is 10.6 Å². The standard InChI is InChI=1S/C14H12N2O5S/c1-7(13(19)20)21-9-4-2-8(3-5-9)6-10-11(17)15-14(22)16-12(10)18/h2-7H,1H3,(H,19,20)(H2,15,16,17,18,22)/p-1/t7-/m0/s1. The molecule has 8 heteroatoms. The molecule has 1 saturated heterocycles. The second-order valence-corrected chi connectivity index (χ2v) is 4.85. The molecular weight excluding hydrogens is 308 g/mol. The van der Waals surface area contributed by atoms with Gasteiger partial charge < -0.3 is 14.6 Å². The number of amides is 2. The Balaban J connectivity index is 2.15. The van der Waals surface area contributed by atoms with E-state index in [0.717, 1.165) is 0 Å². The number of carbonyl (C=O) groups excluding carboxylic acids is 3. The molecule has 7 nitrogen and oxygen atoms in total. The first-order valence-corrected chi connectivity index (χ1v) is 6.63. The Morgan fingerprint density at radius 2 is 1.77 bits per heavy atom. The summed E-state index contributed by atoms with van der Waals surface area (Å²) in [5, 5.41) is 15.2. The van der Waals surface area contributed by atoms with E-state index in [1.165, 1.54) is 25.1 Å². The van der Waals surface area contributed by atoms with Gasteiger partial charge >= 0.3 is 0 Å². The van der Waals surface area contributed by atoms with Crippen LogP contribution in [0.3, 0.4) is 0 Å². The average molecular weight is 319 g/mol. The van der Waals surface area contributed by atoms with Gasteiger partial charge in [0.1, 0.15) is 17.4 Å². The summed E-state index contributed by atoms with van der Waals surface area (Å²) in [7, 11) is 0. The Morgan fingerprint density at radius 1 is 1.23 bits per heavy atom. The first-order valence-electron chi connectivity index (χ1n) is 6.23. The van der Waals surface area contributed by atoms with Crippen molar-refractivity contribution in [2.45, 2.75) is 13.0 Å². The molecule has 1 aromatic rings. The molecule has 1 heterocycles. The number of aliphatic carboxylic acids is 1. The Morgan fingerprint density at radius 3 is 2.27 bits per heavy atom. The van der Waals surface area contributed by atoms with Crippen molar-refractivity contribution in [3.8, 4) is 5.75 Å². The molecule has 2 amide bonds. The number of thiocarbonyl (C=S) groups is 1. The molecule has 2 rings (SSSR count). The maximum atomic E-state index is 11.7. The topological polar surface area (TPSA) is 108 Å². The molecule has 0 spiro atoms. The van der Waals surface area contributed by atoms with E-state index >= 15 is 0 Å². The SMILES string of the molecule is C[C@H](Oc1ccc(C=C2C(=O)NC(=S)NC2=O)cc1)C(=O)[O-]. The number of benzene rings is 1. The van der Waals surface area contributed by atoms with E-state index in [1.807, 2.05) is 0 Å². The molecule has 0 radical (unpaired) electrons. The summed E-state index contributed by atoms with van der Waals surface area (Å²) in [4.78, 5) is 34.0. The minimum Gasteiger partial charge on any atom is -0.546 e. The number of ether oxygens (including phenoxy) is 1. The summed E-state index contributed by atoms with van der Waals surface area (Å²) in [6.07, 6.45) is 0.304. The molecule has 1 atom stereocenters. The van der Waals surface area contributed by atoms with E-state index < -0.39 is 23.9 Å². The minimum absolute atomic E-state index is 0.0350. The third kappa shape index (κ3) is 3.67. The summed E-state index contributed by atoms with van der Waals surface area (Å²) in [5.74, 6) is -2.16. The molecule has 114 valence electrons. The highest BCUT2D eigenvalue weighted by Gasteiger charge is 2.25. The zero-order valence-corrected chi connectivity index (χ0v) is 12.2. The molecule has 1 aliphatic rings. The quantitative estimate of drug-likeness (QED) is 0.424. The lowest BCUT2D eigenvalue weighted by atomic mass is 10.1. The summed E-state index contributed by atoms with van der Waals surface area (Å²) in [6.45, 7) is 1.35. The summed E-state index contributed by atoms with van der Waals surface area (Å²) < 4.78 is 5.12. The van der Waals surface area contributed by atoms with Crippen LogP contribution in [0.1, 0.15) is 12.5 Å². The van der Waals surface area contributed by atoms with Crippen LogP contribution in [0.25, 0.3) is 6.08 Å². The lowest BCUT2D eigenvalue weighted by Gasteiger charge is -2.17. The highest BCUT2D eigenvalue weighted by atomic mass is 32.1. The van der Waals surface area contributed by atoms with Crippen LogP contribution in [0.5, 0.6) is 5.75 Å². The number of hydrogen-bond acceptors (Lipinski definition) is 6. The molecular formula is C14H11N2O5S-.